The second kappa shape index (κ2) is 8.82. The number of nitrogens with two attached hydrogens (primary N) is 1. The number of amides is 1. The smallest absolute Gasteiger partial charge is 0.255 e. The average molecular weight is 527 g/mol. The fourth-order valence-electron chi connectivity index (χ4n) is 7.04. The number of hydrogen-bond acceptors (Lipinski definition) is 10. The molecule has 38 heavy (non-hydrogen) atoms. The van der Waals surface area contributed by atoms with E-state index in [4.69, 9.17) is 5.73 Å². The van der Waals surface area contributed by atoms with E-state index < -0.39 is 58.0 Å². The van der Waals surface area contributed by atoms with E-state index in [1.54, 1.807) is 13.0 Å². The number of aliphatic hydroxyl groups is 3. The fourth-order valence-corrected chi connectivity index (χ4v) is 7.04. The van der Waals surface area contributed by atoms with Gasteiger partial charge in [-0.05, 0) is 63.0 Å². The molecule has 11 heteroatoms. The third-order valence-corrected chi connectivity index (χ3v) is 8.73. The van der Waals surface area contributed by atoms with Gasteiger partial charge in [0.1, 0.15) is 22.8 Å². The van der Waals surface area contributed by atoms with Gasteiger partial charge in [-0.15, -0.1) is 0 Å². The lowest BCUT2D eigenvalue weighted by atomic mass is 9.57. The molecule has 11 nitrogen and oxygen atoms in total. The van der Waals surface area contributed by atoms with Gasteiger partial charge in [0.25, 0.3) is 5.91 Å². The summed E-state index contributed by atoms with van der Waals surface area (Å²) < 4.78 is 0. The van der Waals surface area contributed by atoms with E-state index in [1.165, 1.54) is 0 Å². The molecular formula is C27H34N4O7. The number of benzene rings is 1. The number of carbonyl (C=O) groups excluding carboxylic acids is 3. The molecule has 1 saturated carbocycles. The van der Waals surface area contributed by atoms with Gasteiger partial charge in [0, 0.05) is 36.8 Å². The van der Waals surface area contributed by atoms with Crippen molar-refractivity contribution in [3.05, 3.63) is 39.7 Å². The Balaban J connectivity index is 1.73. The predicted octanol–water partition coefficient (Wildman–Crippen LogP) is 0.455. The third kappa shape index (κ3) is 3.35. The van der Waals surface area contributed by atoms with Crippen LogP contribution in [0.4, 0.5) is 5.69 Å². The number of rotatable bonds is 4. The Kier molecular flexibility index (Phi) is 6.08. The molecule has 1 unspecified atom stereocenters. The molecule has 0 radical (unpaired) electrons. The number of carbonyl (C=O) groups is 3. The molecule has 0 bridgehead atoms. The highest BCUT2D eigenvalue weighted by atomic mass is 16.3. The van der Waals surface area contributed by atoms with Crippen LogP contribution >= 0.6 is 0 Å². The number of primary amides is 1. The molecule has 1 aromatic rings. The monoisotopic (exact) mass is 526 g/mol. The number of aliphatic hydroxyl groups excluding tert-OH is 2. The summed E-state index contributed by atoms with van der Waals surface area (Å²) in [7, 11) is 5.87. The van der Waals surface area contributed by atoms with Gasteiger partial charge in [0.15, 0.2) is 11.4 Å². The van der Waals surface area contributed by atoms with Crippen LogP contribution in [0.1, 0.15) is 42.5 Å². The van der Waals surface area contributed by atoms with Crippen LogP contribution in [0.3, 0.4) is 0 Å². The normalized spacial score (nSPS) is 30.7. The van der Waals surface area contributed by atoms with Gasteiger partial charge >= 0.3 is 0 Å². The van der Waals surface area contributed by atoms with E-state index in [1.807, 2.05) is 21.1 Å². The van der Waals surface area contributed by atoms with Crippen LogP contribution in [0.5, 0.6) is 5.75 Å². The van der Waals surface area contributed by atoms with Gasteiger partial charge in [0.05, 0.1) is 11.6 Å². The lowest BCUT2D eigenvalue weighted by molar-refractivity contribution is -0.150. The molecule has 7 N–H and O–H groups in total. The van der Waals surface area contributed by atoms with Crippen molar-refractivity contribution in [2.75, 3.05) is 39.1 Å². The van der Waals surface area contributed by atoms with Gasteiger partial charge < -0.3 is 41.3 Å². The van der Waals surface area contributed by atoms with Crippen LogP contribution in [-0.2, 0) is 20.8 Å². The van der Waals surface area contributed by atoms with Crippen LogP contribution in [0.2, 0.25) is 0 Å². The van der Waals surface area contributed by atoms with Crippen molar-refractivity contribution in [3.8, 4) is 5.75 Å². The first-order chi connectivity index (χ1) is 17.9. The molecule has 1 heterocycles. The summed E-state index contributed by atoms with van der Waals surface area (Å²) in [6, 6.07) is 0.516. The highest BCUT2D eigenvalue weighted by Crippen LogP contribution is 2.54. The molecule has 204 valence electrons. The van der Waals surface area contributed by atoms with E-state index in [2.05, 4.69) is 15.1 Å². The van der Waals surface area contributed by atoms with Gasteiger partial charge in [-0.3, -0.25) is 14.4 Å². The van der Waals surface area contributed by atoms with Crippen molar-refractivity contribution < 1.29 is 34.8 Å². The Labute approximate surface area is 220 Å². The minimum absolute atomic E-state index is 0.0476. The van der Waals surface area contributed by atoms with Crippen molar-refractivity contribution in [1.82, 2.24) is 10.2 Å². The fraction of sp³-hybridized carbons (Fsp3) is 0.519. The first-order valence-corrected chi connectivity index (χ1v) is 12.8. The van der Waals surface area contributed by atoms with E-state index >= 15 is 0 Å². The Hall–Kier alpha value is -3.41. The zero-order valence-corrected chi connectivity index (χ0v) is 21.9. The van der Waals surface area contributed by atoms with E-state index in [0.717, 1.165) is 24.2 Å². The Morgan fingerprint density at radius 1 is 1.26 bits per heavy atom. The van der Waals surface area contributed by atoms with Gasteiger partial charge in [0.2, 0.25) is 5.78 Å². The number of aromatic hydroxyl groups is 1. The molecule has 1 aliphatic heterocycles. The second-order valence-electron chi connectivity index (χ2n) is 11.0. The number of phenolic OH excluding ortho intramolecular Hbond substituents is 1. The molecule has 0 aromatic heterocycles. The summed E-state index contributed by atoms with van der Waals surface area (Å²) in [6.45, 7) is 2.78. The quantitative estimate of drug-likeness (QED) is 0.302. The van der Waals surface area contributed by atoms with Gasteiger partial charge in [-0.1, -0.05) is 6.92 Å². The van der Waals surface area contributed by atoms with E-state index in [-0.39, 0.29) is 35.8 Å². The molecule has 5 rings (SSSR count). The molecule has 0 saturated heterocycles. The van der Waals surface area contributed by atoms with Crippen LogP contribution in [-0.4, -0.2) is 88.7 Å². The minimum atomic E-state index is -2.64. The van der Waals surface area contributed by atoms with Crippen molar-refractivity contribution in [1.29, 1.82) is 0 Å². The average Bonchev–Trinajstić information content (AvgIpc) is 2.83. The van der Waals surface area contributed by atoms with Crippen LogP contribution < -0.4 is 16.0 Å². The van der Waals surface area contributed by atoms with Crippen molar-refractivity contribution in [3.63, 3.8) is 0 Å². The molecule has 1 fully saturated rings. The van der Waals surface area contributed by atoms with Gasteiger partial charge in [-0.2, -0.15) is 0 Å². The molecule has 5 atom stereocenters. The standard InChI is InChI=1S/C27H34N4O7/c1-5-29-20-14-9-11-8-13-18(16(32)10-12-15(30(2)3)6-7-31(4)21(12)13)22(33)17(11)24(35)27(14,38)25(36)19(23(20)34)26(28)37/h10-11,14-15,20,29,32-33,36,38H,5-9H2,1-4H3,(H2,28,37)/t11-,14-,15?,20-,27-/m0/s1. The summed E-state index contributed by atoms with van der Waals surface area (Å²) in [6.07, 6.45) is 1.18. The molecule has 3 aliphatic carbocycles. The lowest BCUT2D eigenvalue weighted by Gasteiger charge is -2.49. The highest BCUT2D eigenvalue weighted by Gasteiger charge is 2.63. The summed E-state index contributed by atoms with van der Waals surface area (Å²) in [4.78, 5) is 43.3. The van der Waals surface area contributed by atoms with Crippen LogP contribution in [0, 0.1) is 11.8 Å². The summed E-state index contributed by atoms with van der Waals surface area (Å²) in [5.74, 6) is -6.50. The zero-order valence-electron chi connectivity index (χ0n) is 21.9. The van der Waals surface area contributed by atoms with Crippen molar-refractivity contribution in [2.45, 2.75) is 43.9 Å². The maximum absolute atomic E-state index is 13.9. The number of Topliss-reactive ketones (excluding diaryl/α,β-unsaturated/α-hetero) is 2. The largest absolute Gasteiger partial charge is 0.508 e. The van der Waals surface area contributed by atoms with Crippen molar-refractivity contribution in [2.24, 2.45) is 17.6 Å². The molecule has 0 spiro atoms. The molecule has 4 aliphatic rings. The number of fused-ring (bicyclic) bond motifs is 5. The van der Waals surface area contributed by atoms with Gasteiger partial charge in [-0.25, -0.2) is 0 Å². The number of nitrogens with one attached hydrogen (secondary N) is 1. The Morgan fingerprint density at radius 2 is 1.95 bits per heavy atom. The number of likely N-dealkylation sites (N-methyl/N-ethyl adjacent to an activating group) is 1. The molecule has 1 amide bonds. The highest BCUT2D eigenvalue weighted by molar-refractivity contribution is 6.24. The zero-order chi connectivity index (χ0) is 27.8. The summed E-state index contributed by atoms with van der Waals surface area (Å²) >= 11 is 0. The van der Waals surface area contributed by atoms with Crippen molar-refractivity contribution >= 4 is 28.9 Å². The van der Waals surface area contributed by atoms with Crippen LogP contribution in [0.25, 0.3) is 5.76 Å². The number of anilines is 1. The Bertz CT molecular complexity index is 1330. The number of ketones is 2. The van der Waals surface area contributed by atoms with E-state index in [0.29, 0.717) is 12.1 Å². The topological polar surface area (TPSA) is 177 Å². The summed E-state index contributed by atoms with van der Waals surface area (Å²) in [5, 5.41) is 48.1. The number of nitrogens with zero attached hydrogens (tertiary/aromatic N) is 2. The maximum atomic E-state index is 13.9. The van der Waals surface area contributed by atoms with E-state index in [9.17, 15) is 34.8 Å². The molecular weight excluding hydrogens is 492 g/mol. The maximum Gasteiger partial charge on any atom is 0.255 e. The Morgan fingerprint density at radius 3 is 2.55 bits per heavy atom. The predicted molar refractivity (Wildman–Crippen MR) is 139 cm³/mol. The number of hydrogen-bond donors (Lipinski definition) is 6. The minimum Gasteiger partial charge on any atom is -0.508 e. The number of phenols is 1. The first kappa shape index (κ1) is 26.2. The molecule has 1 aromatic carbocycles. The summed E-state index contributed by atoms with van der Waals surface area (Å²) in [5.41, 5.74) is 4.35. The van der Waals surface area contributed by atoms with Crippen LogP contribution in [0.15, 0.2) is 23.0 Å². The lowest BCUT2D eigenvalue weighted by Crippen LogP contribution is -2.66. The second-order valence-corrected chi connectivity index (χ2v) is 11.0. The first-order valence-electron chi connectivity index (χ1n) is 12.8. The SMILES string of the molecule is CCN[C@@H]1C(=O)C(C(N)=O)=C(O)[C@@]2(O)C(=O)C3=C(O)c4c(O)cc5c(c4C[C@H]3C[C@@H]12)N(C)CCC5N(C)C. The third-order valence-electron chi connectivity index (χ3n) is 8.73.